The van der Waals surface area contributed by atoms with Gasteiger partial charge in [-0.15, -0.1) is 0 Å². The van der Waals surface area contributed by atoms with Crippen LogP contribution in [0.3, 0.4) is 0 Å². The van der Waals surface area contributed by atoms with Gasteiger partial charge in [-0.05, 0) is 36.0 Å². The molecule has 2 aromatic rings. The molecule has 1 aliphatic carbocycles. The average molecular weight is 284 g/mol. The van der Waals surface area contributed by atoms with Gasteiger partial charge in [-0.25, -0.2) is 0 Å². The minimum Gasteiger partial charge on any atom is -0.392 e. The molecule has 0 radical (unpaired) electrons. The van der Waals surface area contributed by atoms with Crippen LogP contribution >= 0.6 is 0 Å². The van der Waals surface area contributed by atoms with Gasteiger partial charge in [0, 0.05) is 24.3 Å². The quantitative estimate of drug-likeness (QED) is 0.805. The number of aromatic amines is 1. The number of hydrogen-bond acceptors (Lipinski definition) is 3. The van der Waals surface area contributed by atoms with Crippen LogP contribution in [0.1, 0.15) is 41.3 Å². The molecule has 0 amide bonds. The largest absolute Gasteiger partial charge is 0.392 e. The van der Waals surface area contributed by atoms with Crippen LogP contribution < -0.4 is 10.9 Å². The minimum absolute atomic E-state index is 0.0231. The summed E-state index contributed by atoms with van der Waals surface area (Å²) < 4.78 is 0. The van der Waals surface area contributed by atoms with E-state index in [0.717, 1.165) is 42.6 Å². The van der Waals surface area contributed by atoms with E-state index in [1.54, 1.807) is 6.07 Å². The summed E-state index contributed by atoms with van der Waals surface area (Å²) in [5.74, 6) is 0. The third-order valence-corrected chi connectivity index (χ3v) is 4.06. The zero-order chi connectivity index (χ0) is 14.7. The molecule has 0 saturated heterocycles. The van der Waals surface area contributed by atoms with E-state index in [1.807, 2.05) is 24.3 Å². The van der Waals surface area contributed by atoms with E-state index in [9.17, 15) is 9.90 Å². The smallest absolute Gasteiger partial charge is 0.248 e. The molecule has 1 aromatic carbocycles. The number of benzene rings is 1. The normalized spacial score (nSPS) is 17.5. The highest BCUT2D eigenvalue weighted by Crippen LogP contribution is 2.27. The predicted molar refractivity (Wildman–Crippen MR) is 81.9 cm³/mol. The second-order valence-corrected chi connectivity index (χ2v) is 5.56. The molecule has 0 saturated carbocycles. The average Bonchev–Trinajstić information content (AvgIpc) is 2.52. The molecule has 0 aliphatic heterocycles. The van der Waals surface area contributed by atoms with E-state index in [2.05, 4.69) is 16.4 Å². The predicted octanol–water partition coefficient (Wildman–Crippen LogP) is 2.03. The maximum absolute atomic E-state index is 11.4. The number of aliphatic hydroxyl groups is 1. The third-order valence-electron chi connectivity index (χ3n) is 4.06. The number of aromatic nitrogens is 1. The van der Waals surface area contributed by atoms with E-state index in [1.165, 1.54) is 5.56 Å². The number of hydrogen-bond donors (Lipinski definition) is 3. The van der Waals surface area contributed by atoms with Crippen molar-refractivity contribution in [3.63, 3.8) is 0 Å². The summed E-state index contributed by atoms with van der Waals surface area (Å²) in [6.45, 7) is 0.832. The first-order valence-electron chi connectivity index (χ1n) is 7.40. The highest BCUT2D eigenvalue weighted by atomic mass is 16.3. The SMILES string of the molecule is O=c1ccc2c([nH]1)CCCC2NCc1cccc(CO)c1. The molecule has 3 rings (SSSR count). The highest BCUT2D eigenvalue weighted by Gasteiger charge is 2.20. The van der Waals surface area contributed by atoms with E-state index < -0.39 is 0 Å². The van der Waals surface area contributed by atoms with Gasteiger partial charge in [0.25, 0.3) is 0 Å². The standard InChI is InChI=1S/C17H20N2O2/c20-11-13-4-1-3-12(9-13)10-18-15-5-2-6-16-14(15)7-8-17(21)19-16/h1,3-4,7-9,15,18,20H,2,5-6,10-11H2,(H,19,21). The summed E-state index contributed by atoms with van der Waals surface area (Å²) >= 11 is 0. The first-order chi connectivity index (χ1) is 10.3. The lowest BCUT2D eigenvalue weighted by molar-refractivity contribution is 0.281. The Kier molecular flexibility index (Phi) is 4.18. The lowest BCUT2D eigenvalue weighted by Gasteiger charge is -2.26. The molecular formula is C17H20N2O2. The molecule has 0 spiro atoms. The number of pyridine rings is 1. The lowest BCUT2D eigenvalue weighted by Crippen LogP contribution is -2.27. The molecule has 4 heteroatoms. The summed E-state index contributed by atoms with van der Waals surface area (Å²) in [4.78, 5) is 14.3. The molecule has 1 heterocycles. The Balaban J connectivity index is 1.73. The number of rotatable bonds is 4. The molecule has 4 nitrogen and oxygen atoms in total. The molecule has 110 valence electrons. The van der Waals surface area contributed by atoms with Crippen molar-refractivity contribution < 1.29 is 5.11 Å². The van der Waals surface area contributed by atoms with Crippen molar-refractivity contribution in [2.24, 2.45) is 0 Å². The maximum Gasteiger partial charge on any atom is 0.248 e. The van der Waals surface area contributed by atoms with E-state index in [-0.39, 0.29) is 18.2 Å². The van der Waals surface area contributed by atoms with Crippen molar-refractivity contribution in [1.82, 2.24) is 10.3 Å². The van der Waals surface area contributed by atoms with Gasteiger partial charge < -0.3 is 15.4 Å². The van der Waals surface area contributed by atoms with E-state index >= 15 is 0 Å². The monoisotopic (exact) mass is 284 g/mol. The third kappa shape index (κ3) is 3.23. The topological polar surface area (TPSA) is 65.1 Å². The molecule has 21 heavy (non-hydrogen) atoms. The van der Waals surface area contributed by atoms with Crippen LogP contribution in [0.5, 0.6) is 0 Å². The van der Waals surface area contributed by atoms with Crippen LogP contribution in [0.4, 0.5) is 0 Å². The second kappa shape index (κ2) is 6.24. The first kappa shape index (κ1) is 14.0. The van der Waals surface area contributed by atoms with Crippen LogP contribution in [0.2, 0.25) is 0 Å². The fourth-order valence-corrected chi connectivity index (χ4v) is 2.99. The molecule has 0 fully saturated rings. The van der Waals surface area contributed by atoms with Crippen LogP contribution in [0.15, 0.2) is 41.2 Å². The minimum atomic E-state index is -0.0231. The highest BCUT2D eigenvalue weighted by molar-refractivity contribution is 5.27. The Hall–Kier alpha value is -1.91. The fourth-order valence-electron chi connectivity index (χ4n) is 2.99. The zero-order valence-corrected chi connectivity index (χ0v) is 11.9. The fraction of sp³-hybridized carbons (Fsp3) is 0.353. The van der Waals surface area contributed by atoms with Crippen LogP contribution in [-0.4, -0.2) is 10.1 Å². The second-order valence-electron chi connectivity index (χ2n) is 5.56. The summed E-state index contributed by atoms with van der Waals surface area (Å²) in [5.41, 5.74) is 4.35. The molecule has 0 bridgehead atoms. The Bertz CT molecular complexity index is 678. The Morgan fingerprint density at radius 2 is 2.10 bits per heavy atom. The number of aryl methyl sites for hydroxylation is 1. The van der Waals surface area contributed by atoms with Gasteiger partial charge in [0.15, 0.2) is 0 Å². The molecule has 1 aromatic heterocycles. The van der Waals surface area contributed by atoms with Crippen LogP contribution in [0.25, 0.3) is 0 Å². The first-order valence-corrected chi connectivity index (χ1v) is 7.40. The van der Waals surface area contributed by atoms with Gasteiger partial charge >= 0.3 is 0 Å². The van der Waals surface area contributed by atoms with Gasteiger partial charge in [-0.2, -0.15) is 0 Å². The van der Waals surface area contributed by atoms with Gasteiger partial charge in [-0.1, -0.05) is 30.3 Å². The Morgan fingerprint density at radius 3 is 2.95 bits per heavy atom. The number of fused-ring (bicyclic) bond motifs is 1. The molecular weight excluding hydrogens is 264 g/mol. The number of nitrogens with one attached hydrogen (secondary N) is 2. The summed E-state index contributed by atoms with van der Waals surface area (Å²) in [6.07, 6.45) is 3.11. The van der Waals surface area contributed by atoms with Gasteiger partial charge in [0.05, 0.1) is 6.61 Å². The molecule has 1 aliphatic rings. The summed E-state index contributed by atoms with van der Waals surface area (Å²) in [6, 6.07) is 11.8. The van der Waals surface area contributed by atoms with Gasteiger partial charge in [0.2, 0.25) is 5.56 Å². The Labute approximate surface area is 123 Å². The maximum atomic E-state index is 11.4. The van der Waals surface area contributed by atoms with Crippen molar-refractivity contribution in [3.05, 3.63) is 69.1 Å². The van der Waals surface area contributed by atoms with E-state index in [0.29, 0.717) is 0 Å². The van der Waals surface area contributed by atoms with Crippen LogP contribution in [-0.2, 0) is 19.6 Å². The van der Waals surface area contributed by atoms with Crippen molar-refractivity contribution in [3.8, 4) is 0 Å². The van der Waals surface area contributed by atoms with Crippen molar-refractivity contribution in [2.45, 2.75) is 38.5 Å². The summed E-state index contributed by atoms with van der Waals surface area (Å²) in [5, 5.41) is 12.7. The summed E-state index contributed by atoms with van der Waals surface area (Å²) in [7, 11) is 0. The van der Waals surface area contributed by atoms with Crippen LogP contribution in [0, 0.1) is 0 Å². The molecule has 1 unspecified atom stereocenters. The van der Waals surface area contributed by atoms with Gasteiger partial charge in [0.1, 0.15) is 0 Å². The molecule has 1 atom stereocenters. The number of aliphatic hydroxyl groups excluding tert-OH is 1. The van der Waals surface area contributed by atoms with E-state index in [4.69, 9.17) is 0 Å². The Morgan fingerprint density at radius 1 is 1.24 bits per heavy atom. The van der Waals surface area contributed by atoms with Crippen molar-refractivity contribution >= 4 is 0 Å². The molecule has 3 N–H and O–H groups in total. The van der Waals surface area contributed by atoms with Crippen molar-refractivity contribution in [1.29, 1.82) is 0 Å². The lowest BCUT2D eigenvalue weighted by atomic mass is 9.91. The van der Waals surface area contributed by atoms with Crippen molar-refractivity contribution in [2.75, 3.05) is 0 Å². The number of H-pyrrole nitrogens is 1. The van der Waals surface area contributed by atoms with Gasteiger partial charge in [-0.3, -0.25) is 4.79 Å². The zero-order valence-electron chi connectivity index (χ0n) is 11.9.